The molecule has 0 aromatic carbocycles. The summed E-state index contributed by atoms with van der Waals surface area (Å²) >= 11 is 0. The fraction of sp³-hybridized carbons (Fsp3) is 0.545. The Hall–Kier alpha value is -0.930. The van der Waals surface area contributed by atoms with E-state index >= 15 is 0 Å². The first-order valence-electron chi connectivity index (χ1n) is 5.24. The van der Waals surface area contributed by atoms with Gasteiger partial charge in [0.05, 0.1) is 5.69 Å². The molecule has 3 fully saturated rings. The molecule has 14 heavy (non-hydrogen) atoms. The Bertz CT molecular complexity index is 325. The molecule has 2 saturated heterocycles. The zero-order valence-electron chi connectivity index (χ0n) is 8.13. The summed E-state index contributed by atoms with van der Waals surface area (Å²) in [5.74, 6) is 0.753. The van der Waals surface area contributed by atoms with Crippen LogP contribution in [0.5, 0.6) is 0 Å². The Balaban J connectivity index is 1.69. The summed E-state index contributed by atoms with van der Waals surface area (Å²) < 4.78 is 0. The highest BCUT2D eigenvalue weighted by atomic mass is 15.3. The molecule has 1 aliphatic carbocycles. The highest BCUT2D eigenvalue weighted by Gasteiger charge is 2.49. The number of hydrogen-bond donors (Lipinski definition) is 1. The number of nitrogens with two attached hydrogens (primary N) is 1. The van der Waals surface area contributed by atoms with Crippen molar-refractivity contribution >= 4 is 0 Å². The summed E-state index contributed by atoms with van der Waals surface area (Å²) in [4.78, 5) is 6.81. The van der Waals surface area contributed by atoms with Crippen molar-refractivity contribution in [3.8, 4) is 0 Å². The van der Waals surface area contributed by atoms with E-state index in [1.807, 2.05) is 18.3 Å². The van der Waals surface area contributed by atoms with Gasteiger partial charge in [-0.2, -0.15) is 0 Å². The van der Waals surface area contributed by atoms with Crippen LogP contribution in [0, 0.1) is 5.92 Å². The second kappa shape index (κ2) is 3.04. The van der Waals surface area contributed by atoms with Gasteiger partial charge in [0.2, 0.25) is 0 Å². The lowest BCUT2D eigenvalue weighted by molar-refractivity contribution is 0.207. The average Bonchev–Trinajstić information content (AvgIpc) is 2.75. The molecule has 0 amide bonds. The Labute approximate surface area is 83.9 Å². The molecule has 3 aliphatic rings. The summed E-state index contributed by atoms with van der Waals surface area (Å²) in [6.45, 7) is 2.14. The van der Waals surface area contributed by atoms with Gasteiger partial charge in [0.25, 0.3) is 0 Å². The van der Waals surface area contributed by atoms with Crippen LogP contribution in [0.15, 0.2) is 24.4 Å². The molecule has 74 valence electrons. The molecular weight excluding hydrogens is 174 g/mol. The van der Waals surface area contributed by atoms with Crippen LogP contribution in [-0.2, 0) is 6.54 Å². The van der Waals surface area contributed by atoms with Crippen molar-refractivity contribution in [2.24, 2.45) is 11.7 Å². The largest absolute Gasteiger partial charge is 0.326 e. The van der Waals surface area contributed by atoms with Gasteiger partial charge in [-0.15, -0.1) is 0 Å². The molecule has 2 aliphatic heterocycles. The highest BCUT2D eigenvalue weighted by molar-refractivity contribution is 5.10. The van der Waals surface area contributed by atoms with Gasteiger partial charge in [-0.3, -0.25) is 9.88 Å². The van der Waals surface area contributed by atoms with E-state index in [4.69, 9.17) is 5.73 Å². The predicted octanol–water partition coefficient (Wildman–Crippen LogP) is 0.613. The fourth-order valence-corrected chi connectivity index (χ4v) is 2.65. The predicted molar refractivity (Wildman–Crippen MR) is 54.5 cm³/mol. The zero-order valence-corrected chi connectivity index (χ0v) is 8.13. The summed E-state index contributed by atoms with van der Waals surface area (Å²) in [5, 5.41) is 0. The third-order valence-corrected chi connectivity index (χ3v) is 3.56. The lowest BCUT2D eigenvalue weighted by Gasteiger charge is -2.33. The number of rotatable bonds is 2. The first-order chi connectivity index (χ1) is 6.84. The van der Waals surface area contributed by atoms with Gasteiger partial charge in [-0.25, -0.2) is 0 Å². The first-order valence-corrected chi connectivity index (χ1v) is 5.24. The molecule has 1 aromatic rings. The molecule has 0 radical (unpaired) electrons. The number of hydrogen-bond acceptors (Lipinski definition) is 3. The maximum atomic E-state index is 6.01. The fourth-order valence-electron chi connectivity index (χ4n) is 2.65. The zero-order chi connectivity index (χ0) is 9.54. The first kappa shape index (κ1) is 8.38. The molecule has 4 rings (SSSR count). The topological polar surface area (TPSA) is 42.1 Å². The van der Waals surface area contributed by atoms with Crippen molar-refractivity contribution in [1.82, 2.24) is 9.88 Å². The van der Waals surface area contributed by atoms with Gasteiger partial charge in [-0.1, -0.05) is 6.07 Å². The SMILES string of the molecule is NC1C2CC1N(Cc1ccccn1)C2. The van der Waals surface area contributed by atoms with Crippen LogP contribution in [0.3, 0.4) is 0 Å². The third kappa shape index (κ3) is 1.16. The van der Waals surface area contributed by atoms with Gasteiger partial charge < -0.3 is 5.73 Å². The number of pyridine rings is 1. The van der Waals surface area contributed by atoms with E-state index in [0.29, 0.717) is 12.1 Å². The van der Waals surface area contributed by atoms with Gasteiger partial charge in [0.15, 0.2) is 0 Å². The molecule has 2 bridgehead atoms. The van der Waals surface area contributed by atoms with Crippen LogP contribution in [-0.4, -0.2) is 28.5 Å². The van der Waals surface area contributed by atoms with E-state index in [-0.39, 0.29) is 0 Å². The molecule has 3 nitrogen and oxygen atoms in total. The quantitative estimate of drug-likeness (QED) is 0.741. The standard InChI is InChI=1S/C11H15N3/c12-11-8-5-10(11)14(6-8)7-9-3-1-2-4-13-9/h1-4,8,10-11H,5-7,12H2. The van der Waals surface area contributed by atoms with Gasteiger partial charge in [0.1, 0.15) is 0 Å². The van der Waals surface area contributed by atoms with Gasteiger partial charge >= 0.3 is 0 Å². The van der Waals surface area contributed by atoms with Crippen LogP contribution in [0.1, 0.15) is 12.1 Å². The van der Waals surface area contributed by atoms with Crippen molar-refractivity contribution in [2.45, 2.75) is 25.0 Å². The van der Waals surface area contributed by atoms with E-state index in [1.54, 1.807) is 0 Å². The molecule has 1 saturated carbocycles. The third-order valence-electron chi connectivity index (χ3n) is 3.56. The molecule has 0 spiro atoms. The number of fused-ring (bicyclic) bond motifs is 1. The molecule has 1 aromatic heterocycles. The van der Waals surface area contributed by atoms with E-state index in [9.17, 15) is 0 Å². The number of nitrogens with zero attached hydrogens (tertiary/aromatic N) is 2. The lowest BCUT2D eigenvalue weighted by Crippen LogP contribution is -2.49. The second-order valence-electron chi connectivity index (χ2n) is 4.39. The van der Waals surface area contributed by atoms with Gasteiger partial charge in [0, 0.05) is 31.4 Å². The van der Waals surface area contributed by atoms with E-state index < -0.39 is 0 Å². The van der Waals surface area contributed by atoms with Crippen molar-refractivity contribution in [3.05, 3.63) is 30.1 Å². The van der Waals surface area contributed by atoms with E-state index in [0.717, 1.165) is 18.2 Å². The summed E-state index contributed by atoms with van der Waals surface area (Å²) in [7, 11) is 0. The monoisotopic (exact) mass is 189 g/mol. The van der Waals surface area contributed by atoms with E-state index in [2.05, 4.69) is 16.0 Å². The Morgan fingerprint density at radius 2 is 2.43 bits per heavy atom. The second-order valence-corrected chi connectivity index (χ2v) is 4.39. The maximum absolute atomic E-state index is 6.01. The van der Waals surface area contributed by atoms with Crippen molar-refractivity contribution in [2.75, 3.05) is 6.54 Å². The molecule has 3 heteroatoms. The van der Waals surface area contributed by atoms with Crippen molar-refractivity contribution in [3.63, 3.8) is 0 Å². The van der Waals surface area contributed by atoms with Crippen LogP contribution < -0.4 is 5.73 Å². The summed E-state index contributed by atoms with van der Waals surface area (Å²) in [6.07, 6.45) is 3.16. The molecule has 3 heterocycles. The van der Waals surface area contributed by atoms with Crippen LogP contribution in [0.25, 0.3) is 0 Å². The Morgan fingerprint density at radius 3 is 3.00 bits per heavy atom. The summed E-state index contributed by atoms with van der Waals surface area (Å²) in [5.41, 5.74) is 7.17. The average molecular weight is 189 g/mol. The lowest BCUT2D eigenvalue weighted by atomic mass is 9.81. The Kier molecular flexibility index (Phi) is 1.82. The van der Waals surface area contributed by atoms with E-state index in [1.165, 1.54) is 13.0 Å². The Morgan fingerprint density at radius 1 is 1.50 bits per heavy atom. The number of aromatic nitrogens is 1. The minimum atomic E-state index is 0.429. The normalized spacial score (nSPS) is 35.6. The molecule has 3 atom stereocenters. The van der Waals surface area contributed by atoms with Crippen molar-refractivity contribution < 1.29 is 0 Å². The smallest absolute Gasteiger partial charge is 0.0544 e. The molecular formula is C11H15N3. The summed E-state index contributed by atoms with van der Waals surface area (Å²) in [6, 6.07) is 7.14. The molecule has 2 N–H and O–H groups in total. The molecule has 3 unspecified atom stereocenters. The highest BCUT2D eigenvalue weighted by Crippen LogP contribution is 2.40. The maximum Gasteiger partial charge on any atom is 0.0544 e. The minimum absolute atomic E-state index is 0.429. The van der Waals surface area contributed by atoms with Crippen LogP contribution in [0.2, 0.25) is 0 Å². The van der Waals surface area contributed by atoms with Gasteiger partial charge in [-0.05, 0) is 24.5 Å². The van der Waals surface area contributed by atoms with Crippen LogP contribution >= 0.6 is 0 Å². The van der Waals surface area contributed by atoms with Crippen molar-refractivity contribution in [1.29, 1.82) is 0 Å². The minimum Gasteiger partial charge on any atom is -0.326 e. The van der Waals surface area contributed by atoms with Crippen LogP contribution in [0.4, 0.5) is 0 Å².